The predicted octanol–water partition coefficient (Wildman–Crippen LogP) is 2.95. The third-order valence-corrected chi connectivity index (χ3v) is 6.51. The summed E-state index contributed by atoms with van der Waals surface area (Å²) >= 11 is 0. The quantitative estimate of drug-likeness (QED) is 0.236. The molecule has 0 fully saturated rings. The Labute approximate surface area is 227 Å². The van der Waals surface area contributed by atoms with Crippen molar-refractivity contribution in [3.63, 3.8) is 0 Å². The maximum absolute atomic E-state index is 12.9. The number of nitrogens with zero attached hydrogens (tertiary/aromatic N) is 1. The van der Waals surface area contributed by atoms with Gasteiger partial charge in [0.05, 0.1) is 16.7 Å². The normalized spacial score (nSPS) is 13.1. The lowest BCUT2D eigenvalue weighted by Gasteiger charge is -2.19. The van der Waals surface area contributed by atoms with Crippen LogP contribution in [0.1, 0.15) is 100 Å². The number of benzene rings is 1. The Kier molecular flexibility index (Phi) is 16.2. The van der Waals surface area contributed by atoms with E-state index < -0.39 is 36.8 Å². The summed E-state index contributed by atoms with van der Waals surface area (Å²) in [6, 6.07) is 3.58. The highest BCUT2D eigenvalue weighted by Crippen LogP contribution is 2.43. The lowest BCUT2D eigenvalue weighted by molar-refractivity contribution is -0.438. The molecule has 12 nitrogen and oxygen atoms in total. The van der Waals surface area contributed by atoms with Crippen LogP contribution in [-0.4, -0.2) is 72.4 Å². The Morgan fingerprint density at radius 3 is 1.79 bits per heavy atom. The molecule has 0 saturated heterocycles. The lowest BCUT2D eigenvalue weighted by Crippen LogP contribution is -2.28. The predicted molar refractivity (Wildman–Crippen MR) is 141 cm³/mol. The summed E-state index contributed by atoms with van der Waals surface area (Å²) in [5, 5.41) is 0. The highest BCUT2D eigenvalue weighted by atomic mass is 32.2. The molecule has 1 aliphatic heterocycles. The van der Waals surface area contributed by atoms with Crippen molar-refractivity contribution in [2.45, 2.75) is 79.6 Å². The summed E-state index contributed by atoms with van der Waals surface area (Å²) in [7, 11) is -10.3. The van der Waals surface area contributed by atoms with Gasteiger partial charge in [-0.05, 0) is 32.8 Å². The molecule has 0 amide bonds. The van der Waals surface area contributed by atoms with Crippen molar-refractivity contribution in [1.82, 2.24) is 0 Å². The molecule has 0 atom stereocenters. The summed E-state index contributed by atoms with van der Waals surface area (Å²) in [5.41, 5.74) is 3.38. The van der Waals surface area contributed by atoms with Gasteiger partial charge in [0.15, 0.2) is 17.3 Å². The molecule has 0 radical (unpaired) electrons. The molecule has 15 heteroatoms. The molecule has 0 unspecified atom stereocenters. The second kappa shape index (κ2) is 16.4. The second-order valence-electron chi connectivity index (χ2n) is 8.67. The largest absolute Gasteiger partial charge is 0.425 e. The van der Waals surface area contributed by atoms with Gasteiger partial charge in [-0.25, -0.2) is 0 Å². The monoisotopic (exact) mass is 598 g/mol. The Balaban J connectivity index is 0. The van der Waals surface area contributed by atoms with Crippen molar-refractivity contribution < 1.29 is 52.4 Å². The van der Waals surface area contributed by atoms with Crippen LogP contribution in [0.5, 0.6) is 0 Å². The van der Waals surface area contributed by atoms with Crippen LogP contribution >= 0.6 is 0 Å². The first-order chi connectivity index (χ1) is 16.9. The van der Waals surface area contributed by atoms with E-state index in [4.69, 9.17) is 29.8 Å². The first-order valence-corrected chi connectivity index (χ1v) is 14.9. The van der Waals surface area contributed by atoms with Gasteiger partial charge in [-0.3, -0.25) is 14.1 Å². The minimum atomic E-state index is -4.04. The van der Waals surface area contributed by atoms with Crippen LogP contribution in [0.2, 0.25) is 0 Å². The maximum Gasteiger partial charge on any atom is 0.425 e. The topological polar surface area (TPSA) is 194 Å². The molecule has 2 rings (SSSR count). The molecule has 0 aliphatic carbocycles. The van der Waals surface area contributed by atoms with E-state index in [2.05, 4.69) is 0 Å². The standard InChI is InChI=1S/C22H31NO5S.CH4.2O3S/c1-6-9-19(24)16-13-17(20(25)10-7-2)21-18(14-16)23(15(3)22(21,4)5)11-8-12-29(26,27)28;;2*1-4(2)3/h13-14H,6-12H2,1-5H3;1H4;;/p+1. The third-order valence-electron chi connectivity index (χ3n) is 5.70. The van der Waals surface area contributed by atoms with Crippen molar-refractivity contribution >= 4 is 54.3 Å². The Hall–Kier alpha value is -2.62. The van der Waals surface area contributed by atoms with Gasteiger partial charge in [0.25, 0.3) is 10.1 Å². The van der Waals surface area contributed by atoms with Crippen LogP contribution in [0.15, 0.2) is 12.1 Å². The molecule has 0 bridgehead atoms. The van der Waals surface area contributed by atoms with Crippen LogP contribution in [-0.2, 0) is 36.8 Å². The van der Waals surface area contributed by atoms with Gasteiger partial charge in [-0.1, -0.05) is 21.3 Å². The van der Waals surface area contributed by atoms with E-state index in [9.17, 15) is 18.0 Å². The molecule has 0 spiro atoms. The van der Waals surface area contributed by atoms with Gasteiger partial charge in [-0.2, -0.15) is 13.0 Å². The molecule has 0 aromatic heterocycles. The van der Waals surface area contributed by atoms with Crippen molar-refractivity contribution in [3.05, 3.63) is 28.8 Å². The number of rotatable bonds is 10. The van der Waals surface area contributed by atoms with Crippen LogP contribution < -0.4 is 0 Å². The van der Waals surface area contributed by atoms with Crippen molar-refractivity contribution in [2.75, 3.05) is 12.3 Å². The summed E-state index contributed by atoms with van der Waals surface area (Å²) in [6.07, 6.45) is 2.52. The van der Waals surface area contributed by atoms with E-state index in [1.807, 2.05) is 45.3 Å². The maximum atomic E-state index is 12.9. The number of fused-ring (bicyclic) bond motifs is 1. The molecule has 1 aromatic rings. The first kappa shape index (κ1) is 37.5. The zero-order valence-corrected chi connectivity index (χ0v) is 23.8. The number of Topliss-reactive ketones (excluding diaryl/α,β-unsaturated/α-hetero) is 2. The Morgan fingerprint density at radius 1 is 0.921 bits per heavy atom. The average molecular weight is 599 g/mol. The number of hydrogen-bond acceptors (Lipinski definition) is 10. The molecule has 1 aliphatic rings. The fourth-order valence-corrected chi connectivity index (χ4v) is 4.50. The summed E-state index contributed by atoms with van der Waals surface area (Å²) in [5.74, 6) is -0.306. The van der Waals surface area contributed by atoms with Crippen molar-refractivity contribution in [2.24, 2.45) is 0 Å². The fourth-order valence-electron chi connectivity index (χ4n) is 4.00. The van der Waals surface area contributed by atoms with Crippen LogP contribution in [0.4, 0.5) is 5.69 Å². The number of carbonyl (C=O) groups is 2. The van der Waals surface area contributed by atoms with E-state index in [1.165, 1.54) is 0 Å². The zero-order chi connectivity index (χ0) is 29.1. The van der Waals surface area contributed by atoms with Crippen molar-refractivity contribution in [1.29, 1.82) is 0 Å². The van der Waals surface area contributed by atoms with Gasteiger partial charge in [0.1, 0.15) is 6.54 Å². The third kappa shape index (κ3) is 11.8. The van der Waals surface area contributed by atoms with Gasteiger partial charge in [0.2, 0.25) is 5.69 Å². The van der Waals surface area contributed by atoms with Gasteiger partial charge >= 0.3 is 21.2 Å². The Bertz CT molecular complexity index is 1330. The van der Waals surface area contributed by atoms with E-state index >= 15 is 0 Å². The number of ketones is 2. The average Bonchev–Trinajstić information content (AvgIpc) is 2.92. The lowest BCUT2D eigenvalue weighted by atomic mass is 9.77. The molecule has 1 N–H and O–H groups in total. The molecule has 0 saturated carbocycles. The minimum Gasteiger partial charge on any atom is -0.294 e. The van der Waals surface area contributed by atoms with Gasteiger partial charge in [-0.15, -0.1) is 25.3 Å². The van der Waals surface area contributed by atoms with Crippen LogP contribution in [0, 0.1) is 0 Å². The fraction of sp³-hybridized carbons (Fsp3) is 0.609. The van der Waals surface area contributed by atoms with E-state index in [0.29, 0.717) is 30.5 Å². The van der Waals surface area contributed by atoms with Crippen LogP contribution in [0.3, 0.4) is 0 Å². The molecule has 1 aromatic carbocycles. The van der Waals surface area contributed by atoms with E-state index in [1.54, 1.807) is 6.07 Å². The molecular weight excluding hydrogens is 562 g/mol. The molecule has 38 heavy (non-hydrogen) atoms. The first-order valence-electron chi connectivity index (χ1n) is 11.3. The van der Waals surface area contributed by atoms with E-state index in [0.717, 1.165) is 29.8 Å². The van der Waals surface area contributed by atoms with Crippen LogP contribution in [0.25, 0.3) is 0 Å². The summed E-state index contributed by atoms with van der Waals surface area (Å²) in [4.78, 5) is 25.6. The molecule has 1 heterocycles. The van der Waals surface area contributed by atoms with Gasteiger partial charge < -0.3 is 0 Å². The SMILES string of the molecule is C.CCCC(=O)c1cc(C(=O)CCC)c2c(c1)[N+](CCCS(=O)(=O)O)=C(C)C2(C)C.O=S(=O)=O.O=S(=O)=O. The number of carbonyl (C=O) groups excluding carboxylic acids is 2. The summed E-state index contributed by atoms with van der Waals surface area (Å²) < 4.78 is 84.0. The highest BCUT2D eigenvalue weighted by Gasteiger charge is 2.46. The Morgan fingerprint density at radius 2 is 1.37 bits per heavy atom. The molecular formula is C23H36NO11S3+. The summed E-state index contributed by atoms with van der Waals surface area (Å²) in [6.45, 7) is 10.3. The van der Waals surface area contributed by atoms with Gasteiger partial charge in [0, 0.05) is 43.4 Å². The van der Waals surface area contributed by atoms with E-state index in [-0.39, 0.29) is 31.2 Å². The minimum absolute atomic E-state index is 0. The zero-order valence-electron chi connectivity index (χ0n) is 21.3. The number of hydrogen-bond donors (Lipinski definition) is 1. The van der Waals surface area contributed by atoms with Crippen molar-refractivity contribution in [3.8, 4) is 0 Å². The molecule has 216 valence electrons. The smallest absolute Gasteiger partial charge is 0.294 e. The second-order valence-corrected chi connectivity index (χ2v) is 11.1. The highest BCUT2D eigenvalue weighted by molar-refractivity contribution is 7.85.